The highest BCUT2D eigenvalue weighted by atomic mass is 32.1. The molecule has 0 aliphatic heterocycles. The van der Waals surface area contributed by atoms with Crippen molar-refractivity contribution in [3.63, 3.8) is 0 Å². The normalized spacial score (nSPS) is 11.3. The van der Waals surface area contributed by atoms with Crippen molar-refractivity contribution < 1.29 is 0 Å². The van der Waals surface area contributed by atoms with Gasteiger partial charge in [-0.2, -0.15) is 0 Å². The number of hydrogen-bond donors (Lipinski definition) is 0. The van der Waals surface area contributed by atoms with Crippen LogP contribution in [-0.2, 0) is 0 Å². The standard InChI is InChI=1S/C43H27N5S/c1-4-12-29(13-5-1)37-24-25-38(48-47-37)30-22-20-28(21-23-30)34-27-40-35(33-18-10-11-19-39(33)49-40)26-36(34)43-45-41(31-14-6-2-7-15-31)44-42(46-43)32-16-8-3-9-17-32/h1-27H. The maximum absolute atomic E-state index is 5.12. The zero-order valence-electron chi connectivity index (χ0n) is 26.2. The average Bonchev–Trinajstić information content (AvgIpc) is 3.56. The maximum Gasteiger partial charge on any atom is 0.164 e. The Hall–Kier alpha value is -6.37. The summed E-state index contributed by atoms with van der Waals surface area (Å²) in [6.07, 6.45) is 0. The summed E-state index contributed by atoms with van der Waals surface area (Å²) in [6, 6.07) is 56.0. The van der Waals surface area contributed by atoms with E-state index >= 15 is 0 Å². The third kappa shape index (κ3) is 5.54. The van der Waals surface area contributed by atoms with Crippen molar-refractivity contribution >= 4 is 31.5 Å². The molecule has 6 aromatic carbocycles. The maximum atomic E-state index is 5.12. The number of rotatable bonds is 6. The second kappa shape index (κ2) is 12.3. The zero-order valence-corrected chi connectivity index (χ0v) is 27.0. The predicted molar refractivity (Wildman–Crippen MR) is 201 cm³/mol. The highest BCUT2D eigenvalue weighted by Gasteiger charge is 2.19. The summed E-state index contributed by atoms with van der Waals surface area (Å²) < 4.78 is 2.46. The Morgan fingerprint density at radius 1 is 0.327 bits per heavy atom. The van der Waals surface area contributed by atoms with Crippen molar-refractivity contribution in [1.29, 1.82) is 0 Å². The van der Waals surface area contributed by atoms with E-state index in [-0.39, 0.29) is 0 Å². The minimum atomic E-state index is 0.631. The van der Waals surface area contributed by atoms with Gasteiger partial charge in [0.25, 0.3) is 0 Å². The van der Waals surface area contributed by atoms with Gasteiger partial charge in [0.05, 0.1) is 11.4 Å². The van der Waals surface area contributed by atoms with Crippen LogP contribution in [0.15, 0.2) is 164 Å². The summed E-state index contributed by atoms with van der Waals surface area (Å²) in [7, 11) is 0. The number of nitrogens with zero attached hydrogens (tertiary/aromatic N) is 5. The molecule has 0 spiro atoms. The molecule has 3 heterocycles. The second-order valence-electron chi connectivity index (χ2n) is 11.8. The van der Waals surface area contributed by atoms with E-state index in [4.69, 9.17) is 15.0 Å². The minimum absolute atomic E-state index is 0.631. The summed E-state index contributed by atoms with van der Waals surface area (Å²) in [5.74, 6) is 1.91. The van der Waals surface area contributed by atoms with Crippen LogP contribution in [0.2, 0.25) is 0 Å². The van der Waals surface area contributed by atoms with Gasteiger partial charge < -0.3 is 0 Å². The fraction of sp³-hybridized carbons (Fsp3) is 0. The molecule has 0 saturated carbocycles. The Balaban J connectivity index is 1.20. The van der Waals surface area contributed by atoms with Crippen molar-refractivity contribution in [1.82, 2.24) is 25.1 Å². The van der Waals surface area contributed by atoms with E-state index in [2.05, 4.69) is 70.9 Å². The SMILES string of the molecule is c1ccc(-c2ccc(-c3ccc(-c4cc5sc6ccccc6c5cc4-c4nc(-c5ccccc5)nc(-c5ccccc5)n4)cc3)nn2)cc1. The lowest BCUT2D eigenvalue weighted by Crippen LogP contribution is -2.01. The van der Waals surface area contributed by atoms with Gasteiger partial charge in [0.1, 0.15) is 0 Å². The van der Waals surface area contributed by atoms with Crippen LogP contribution in [0.5, 0.6) is 0 Å². The van der Waals surface area contributed by atoms with Crippen LogP contribution in [-0.4, -0.2) is 25.1 Å². The fourth-order valence-corrected chi connectivity index (χ4v) is 7.32. The van der Waals surface area contributed by atoms with Crippen LogP contribution < -0.4 is 0 Å². The topological polar surface area (TPSA) is 64.5 Å². The van der Waals surface area contributed by atoms with E-state index in [1.165, 1.54) is 20.2 Å². The minimum Gasteiger partial charge on any atom is -0.208 e. The van der Waals surface area contributed by atoms with E-state index in [1.54, 1.807) is 11.3 Å². The van der Waals surface area contributed by atoms with Gasteiger partial charge in [-0.05, 0) is 41.5 Å². The van der Waals surface area contributed by atoms with Gasteiger partial charge in [-0.25, -0.2) is 15.0 Å². The molecule has 0 unspecified atom stereocenters. The number of fused-ring (bicyclic) bond motifs is 3. The second-order valence-corrected chi connectivity index (χ2v) is 12.9. The number of hydrogen-bond acceptors (Lipinski definition) is 6. The first-order valence-corrected chi connectivity index (χ1v) is 16.9. The van der Waals surface area contributed by atoms with Crippen molar-refractivity contribution in [2.45, 2.75) is 0 Å². The van der Waals surface area contributed by atoms with Gasteiger partial charge in [0.15, 0.2) is 17.5 Å². The summed E-state index contributed by atoms with van der Waals surface area (Å²) in [5, 5.41) is 11.5. The van der Waals surface area contributed by atoms with Crippen molar-refractivity contribution in [2.75, 3.05) is 0 Å². The first-order chi connectivity index (χ1) is 24.3. The number of thiophene rings is 1. The van der Waals surface area contributed by atoms with E-state index in [1.807, 2.05) is 103 Å². The Morgan fingerprint density at radius 2 is 0.816 bits per heavy atom. The molecule has 0 aliphatic carbocycles. The van der Waals surface area contributed by atoms with E-state index in [0.717, 1.165) is 50.3 Å². The molecular weight excluding hydrogens is 619 g/mol. The van der Waals surface area contributed by atoms with Gasteiger partial charge in [-0.15, -0.1) is 21.5 Å². The highest BCUT2D eigenvalue weighted by molar-refractivity contribution is 7.25. The van der Waals surface area contributed by atoms with Gasteiger partial charge in [-0.3, -0.25) is 0 Å². The van der Waals surface area contributed by atoms with E-state index in [0.29, 0.717) is 17.5 Å². The molecule has 0 radical (unpaired) electrons. The van der Waals surface area contributed by atoms with Gasteiger partial charge in [0.2, 0.25) is 0 Å². The Kier molecular flexibility index (Phi) is 7.26. The largest absolute Gasteiger partial charge is 0.208 e. The molecular formula is C43H27N5S. The Bertz CT molecular complexity index is 2510. The monoisotopic (exact) mass is 645 g/mol. The molecule has 0 amide bonds. The molecule has 0 aliphatic rings. The molecule has 0 bridgehead atoms. The molecule has 0 atom stereocenters. The zero-order chi connectivity index (χ0) is 32.6. The molecule has 6 heteroatoms. The molecule has 9 aromatic rings. The van der Waals surface area contributed by atoms with Crippen molar-refractivity contribution in [2.24, 2.45) is 0 Å². The molecule has 49 heavy (non-hydrogen) atoms. The summed E-state index contributed by atoms with van der Waals surface area (Å²) in [5.41, 5.74) is 8.67. The van der Waals surface area contributed by atoms with Crippen molar-refractivity contribution in [3.8, 4) is 67.8 Å². The first kappa shape index (κ1) is 28.8. The average molecular weight is 646 g/mol. The molecule has 3 aromatic heterocycles. The summed E-state index contributed by atoms with van der Waals surface area (Å²) in [6.45, 7) is 0. The number of aromatic nitrogens is 5. The van der Waals surface area contributed by atoms with Crippen LogP contribution in [0.25, 0.3) is 88.0 Å². The highest BCUT2D eigenvalue weighted by Crippen LogP contribution is 2.42. The lowest BCUT2D eigenvalue weighted by atomic mass is 9.95. The van der Waals surface area contributed by atoms with Crippen LogP contribution in [0.3, 0.4) is 0 Å². The third-order valence-corrected chi connectivity index (χ3v) is 9.82. The molecule has 5 nitrogen and oxygen atoms in total. The Morgan fingerprint density at radius 3 is 1.41 bits per heavy atom. The molecule has 0 N–H and O–H groups in total. The third-order valence-electron chi connectivity index (χ3n) is 8.68. The first-order valence-electron chi connectivity index (χ1n) is 16.1. The van der Waals surface area contributed by atoms with Gasteiger partial charge in [-0.1, -0.05) is 133 Å². The molecule has 0 saturated heterocycles. The fourth-order valence-electron chi connectivity index (χ4n) is 6.19. The van der Waals surface area contributed by atoms with Gasteiger partial charge in [0, 0.05) is 48.0 Å². The summed E-state index contributed by atoms with van der Waals surface area (Å²) in [4.78, 5) is 15.2. The molecule has 230 valence electrons. The van der Waals surface area contributed by atoms with Crippen LogP contribution >= 0.6 is 11.3 Å². The predicted octanol–water partition coefficient (Wildman–Crippen LogP) is 11.0. The van der Waals surface area contributed by atoms with E-state index < -0.39 is 0 Å². The lowest BCUT2D eigenvalue weighted by Gasteiger charge is -2.13. The Labute approximate surface area is 287 Å². The number of benzene rings is 6. The van der Waals surface area contributed by atoms with Gasteiger partial charge >= 0.3 is 0 Å². The van der Waals surface area contributed by atoms with Crippen molar-refractivity contribution in [3.05, 3.63) is 164 Å². The van der Waals surface area contributed by atoms with Crippen LogP contribution in [0, 0.1) is 0 Å². The van der Waals surface area contributed by atoms with E-state index in [9.17, 15) is 0 Å². The smallest absolute Gasteiger partial charge is 0.164 e. The molecule has 9 rings (SSSR count). The van der Waals surface area contributed by atoms with Crippen LogP contribution in [0.4, 0.5) is 0 Å². The lowest BCUT2D eigenvalue weighted by molar-refractivity contribution is 1.04. The molecule has 0 fully saturated rings. The summed E-state index contributed by atoms with van der Waals surface area (Å²) >= 11 is 1.80. The van der Waals surface area contributed by atoms with Crippen LogP contribution in [0.1, 0.15) is 0 Å². The quantitative estimate of drug-likeness (QED) is 0.180.